The molecule has 0 radical (unpaired) electrons. The number of aromatic nitrogens is 1. The molecule has 1 heterocycles. The molecule has 1 aliphatic rings. The van der Waals surface area contributed by atoms with E-state index in [1.54, 1.807) is 25.1 Å². The van der Waals surface area contributed by atoms with Crippen LogP contribution in [0.4, 0.5) is 18.9 Å². The molecule has 1 fully saturated rings. The minimum absolute atomic E-state index is 0.114. The van der Waals surface area contributed by atoms with Crippen LogP contribution in [0.15, 0.2) is 24.3 Å². The number of anilines is 1. The number of nitrogens with zero attached hydrogens (tertiary/aromatic N) is 2. The first kappa shape index (κ1) is 18.2. The van der Waals surface area contributed by atoms with Crippen LogP contribution in [-0.4, -0.2) is 16.8 Å². The fourth-order valence-corrected chi connectivity index (χ4v) is 3.58. The molecule has 1 saturated carbocycles. The van der Waals surface area contributed by atoms with E-state index in [0.29, 0.717) is 11.2 Å². The van der Waals surface area contributed by atoms with E-state index in [1.807, 2.05) is 6.07 Å². The molecule has 0 aliphatic heterocycles. The van der Waals surface area contributed by atoms with Gasteiger partial charge in [0, 0.05) is 23.0 Å². The Balaban J connectivity index is 1.93. The summed E-state index contributed by atoms with van der Waals surface area (Å²) in [6, 6.07) is 9.62. The molecular formula is C20H20F3N3. The van der Waals surface area contributed by atoms with Crippen LogP contribution in [0.1, 0.15) is 38.3 Å². The van der Waals surface area contributed by atoms with Crippen LogP contribution in [0, 0.1) is 29.1 Å². The standard InChI is InChI=1S/C20H20F3N3/c1-2-4-16-11-17-18(25-15-9-7-14(12-24)8-10-15)5-3-6-19(17)26(16)13-20(21,22)23/h3,5-6,11,14-15,25H,7-10,13H2,1H3. The van der Waals surface area contributed by atoms with Crippen LogP contribution in [-0.2, 0) is 6.54 Å². The van der Waals surface area contributed by atoms with Gasteiger partial charge in [-0.05, 0) is 56.7 Å². The van der Waals surface area contributed by atoms with Crippen LogP contribution >= 0.6 is 0 Å². The molecule has 2 aromatic rings. The second-order valence-electron chi connectivity index (χ2n) is 6.67. The number of hydrogen-bond acceptors (Lipinski definition) is 2. The van der Waals surface area contributed by atoms with Crippen LogP contribution in [0.25, 0.3) is 10.9 Å². The van der Waals surface area contributed by atoms with Gasteiger partial charge in [0.25, 0.3) is 0 Å². The molecule has 3 rings (SSSR count). The van der Waals surface area contributed by atoms with Gasteiger partial charge in [0.1, 0.15) is 6.54 Å². The van der Waals surface area contributed by atoms with Crippen molar-refractivity contribution in [2.45, 2.75) is 51.4 Å². The number of hydrogen-bond donors (Lipinski definition) is 1. The quantitative estimate of drug-likeness (QED) is 0.778. The van der Waals surface area contributed by atoms with Gasteiger partial charge in [0.2, 0.25) is 0 Å². The molecule has 0 unspecified atom stereocenters. The molecule has 0 atom stereocenters. The average Bonchev–Trinajstić information content (AvgIpc) is 2.93. The maximum Gasteiger partial charge on any atom is 0.406 e. The third-order valence-electron chi connectivity index (χ3n) is 4.81. The first-order chi connectivity index (χ1) is 12.4. The van der Waals surface area contributed by atoms with Crippen molar-refractivity contribution in [2.24, 2.45) is 5.92 Å². The SMILES string of the molecule is CC#Cc1cc2c(NC3CCC(C#N)CC3)cccc2n1CC(F)(F)F. The first-order valence-electron chi connectivity index (χ1n) is 8.69. The minimum atomic E-state index is -4.31. The van der Waals surface area contributed by atoms with E-state index in [0.717, 1.165) is 36.8 Å². The van der Waals surface area contributed by atoms with Gasteiger partial charge in [-0.25, -0.2) is 0 Å². The zero-order chi connectivity index (χ0) is 18.7. The molecule has 3 nitrogen and oxygen atoms in total. The molecule has 6 heteroatoms. The van der Waals surface area contributed by atoms with Crippen LogP contribution < -0.4 is 5.32 Å². The van der Waals surface area contributed by atoms with Crippen molar-refractivity contribution in [3.05, 3.63) is 30.0 Å². The molecule has 1 aliphatic carbocycles. The smallest absolute Gasteiger partial charge is 0.382 e. The van der Waals surface area contributed by atoms with Crippen LogP contribution in [0.2, 0.25) is 0 Å². The molecule has 0 amide bonds. The third-order valence-corrected chi connectivity index (χ3v) is 4.81. The highest BCUT2D eigenvalue weighted by Crippen LogP contribution is 2.32. The molecule has 0 saturated heterocycles. The van der Waals surface area contributed by atoms with E-state index in [1.165, 1.54) is 4.57 Å². The number of halogens is 3. The number of nitrogens with one attached hydrogen (secondary N) is 1. The molecule has 1 aromatic carbocycles. The third kappa shape index (κ3) is 3.96. The number of nitriles is 1. The van der Waals surface area contributed by atoms with E-state index < -0.39 is 12.7 Å². The van der Waals surface area contributed by atoms with Gasteiger partial charge in [-0.3, -0.25) is 0 Å². The fraction of sp³-hybridized carbons (Fsp3) is 0.450. The predicted octanol–water partition coefficient (Wildman–Crippen LogP) is 5.07. The first-order valence-corrected chi connectivity index (χ1v) is 8.69. The van der Waals surface area contributed by atoms with Gasteiger partial charge in [-0.2, -0.15) is 18.4 Å². The number of benzene rings is 1. The Morgan fingerprint density at radius 2 is 1.96 bits per heavy atom. The summed E-state index contributed by atoms with van der Waals surface area (Å²) >= 11 is 0. The lowest BCUT2D eigenvalue weighted by Gasteiger charge is -2.26. The second-order valence-corrected chi connectivity index (χ2v) is 6.67. The Labute approximate surface area is 150 Å². The van der Waals surface area contributed by atoms with Gasteiger partial charge >= 0.3 is 6.18 Å². The van der Waals surface area contributed by atoms with Crippen molar-refractivity contribution in [3.8, 4) is 17.9 Å². The summed E-state index contributed by atoms with van der Waals surface area (Å²) in [5, 5.41) is 13.2. The lowest BCUT2D eigenvalue weighted by molar-refractivity contribution is -0.140. The van der Waals surface area contributed by atoms with E-state index >= 15 is 0 Å². The monoisotopic (exact) mass is 359 g/mol. The fourth-order valence-electron chi connectivity index (χ4n) is 3.58. The molecule has 0 spiro atoms. The van der Waals surface area contributed by atoms with E-state index in [4.69, 9.17) is 5.26 Å². The molecule has 1 N–H and O–H groups in total. The Kier molecular flexibility index (Phi) is 5.13. The van der Waals surface area contributed by atoms with Gasteiger partial charge < -0.3 is 9.88 Å². The van der Waals surface area contributed by atoms with Crippen LogP contribution in [0.3, 0.4) is 0 Å². The van der Waals surface area contributed by atoms with Gasteiger partial charge in [0.15, 0.2) is 0 Å². The Morgan fingerprint density at radius 3 is 2.58 bits per heavy atom. The Bertz CT molecular complexity index is 885. The largest absolute Gasteiger partial charge is 0.406 e. The molecule has 1 aromatic heterocycles. The zero-order valence-corrected chi connectivity index (χ0v) is 14.5. The summed E-state index contributed by atoms with van der Waals surface area (Å²) in [6.45, 7) is 0.555. The minimum Gasteiger partial charge on any atom is -0.382 e. The van der Waals surface area contributed by atoms with Crippen molar-refractivity contribution < 1.29 is 13.2 Å². The topological polar surface area (TPSA) is 40.8 Å². The predicted molar refractivity (Wildman–Crippen MR) is 95.5 cm³/mol. The van der Waals surface area contributed by atoms with Gasteiger partial charge in [-0.1, -0.05) is 12.0 Å². The van der Waals surface area contributed by atoms with E-state index in [9.17, 15) is 13.2 Å². The number of alkyl halides is 3. The lowest BCUT2D eigenvalue weighted by Crippen LogP contribution is -2.25. The van der Waals surface area contributed by atoms with Crippen molar-refractivity contribution in [3.63, 3.8) is 0 Å². The summed E-state index contributed by atoms with van der Waals surface area (Å²) in [5.74, 6) is 5.59. The highest BCUT2D eigenvalue weighted by Gasteiger charge is 2.30. The Hall–Kier alpha value is -2.60. The number of rotatable bonds is 3. The summed E-state index contributed by atoms with van der Waals surface area (Å²) < 4.78 is 40.2. The summed E-state index contributed by atoms with van der Waals surface area (Å²) in [4.78, 5) is 0. The molecule has 0 bridgehead atoms. The summed E-state index contributed by atoms with van der Waals surface area (Å²) in [5.41, 5.74) is 1.71. The summed E-state index contributed by atoms with van der Waals surface area (Å²) in [6.07, 6.45) is -0.828. The highest BCUT2D eigenvalue weighted by molar-refractivity contribution is 5.94. The van der Waals surface area contributed by atoms with E-state index in [-0.39, 0.29) is 12.0 Å². The van der Waals surface area contributed by atoms with Crippen molar-refractivity contribution >= 4 is 16.6 Å². The highest BCUT2D eigenvalue weighted by atomic mass is 19.4. The molecule has 136 valence electrons. The van der Waals surface area contributed by atoms with Crippen molar-refractivity contribution in [1.29, 1.82) is 5.26 Å². The van der Waals surface area contributed by atoms with Crippen LogP contribution in [0.5, 0.6) is 0 Å². The molecule has 26 heavy (non-hydrogen) atoms. The lowest BCUT2D eigenvalue weighted by atomic mass is 9.87. The van der Waals surface area contributed by atoms with Gasteiger partial charge in [0.05, 0.1) is 17.3 Å². The second kappa shape index (κ2) is 7.33. The molecular weight excluding hydrogens is 339 g/mol. The van der Waals surface area contributed by atoms with Gasteiger partial charge in [-0.15, -0.1) is 0 Å². The van der Waals surface area contributed by atoms with E-state index in [2.05, 4.69) is 23.2 Å². The van der Waals surface area contributed by atoms with Crippen molar-refractivity contribution in [2.75, 3.05) is 5.32 Å². The van der Waals surface area contributed by atoms with Crippen molar-refractivity contribution in [1.82, 2.24) is 4.57 Å². The normalized spacial score (nSPS) is 20.3. The maximum atomic E-state index is 13.0. The zero-order valence-electron chi connectivity index (χ0n) is 14.5. The Morgan fingerprint density at radius 1 is 1.23 bits per heavy atom. The number of fused-ring (bicyclic) bond motifs is 1. The maximum absolute atomic E-state index is 13.0. The summed E-state index contributed by atoms with van der Waals surface area (Å²) in [7, 11) is 0. The average molecular weight is 359 g/mol.